The molecule has 0 bridgehead atoms. The molecule has 2 N–H and O–H groups in total. The van der Waals surface area contributed by atoms with Gasteiger partial charge in [-0.3, -0.25) is 0 Å². The van der Waals surface area contributed by atoms with Crippen molar-refractivity contribution in [3.63, 3.8) is 0 Å². The van der Waals surface area contributed by atoms with Crippen LogP contribution in [0.5, 0.6) is 0 Å². The number of pyridine rings is 2. The first-order valence-electron chi connectivity index (χ1n) is 11.2. The lowest BCUT2D eigenvalue weighted by Crippen LogP contribution is -2.28. The van der Waals surface area contributed by atoms with Crippen LogP contribution in [0.4, 0.5) is 23.7 Å². The van der Waals surface area contributed by atoms with Crippen molar-refractivity contribution in [2.75, 3.05) is 5.32 Å². The number of fused-ring (bicyclic) bond motifs is 2. The van der Waals surface area contributed by atoms with Crippen molar-refractivity contribution in [3.8, 4) is 11.3 Å². The SMILES string of the molecule is Cc1cccc(-c2nc(C(F)(F)F)ccc2CNC(=O)Nc2ccc3cc4ccccc4nc3c2)c1. The van der Waals surface area contributed by atoms with Crippen LogP contribution < -0.4 is 10.6 Å². The van der Waals surface area contributed by atoms with Gasteiger partial charge >= 0.3 is 12.2 Å². The van der Waals surface area contributed by atoms with Crippen LogP contribution in [-0.2, 0) is 12.7 Å². The second-order valence-corrected chi connectivity index (χ2v) is 8.47. The fourth-order valence-electron chi connectivity index (χ4n) is 4.03. The standard InChI is InChI=1S/C28H21F3N4O/c1-17-5-4-7-20(13-17)26-21(10-12-25(35-26)28(29,30)31)16-32-27(36)33-22-11-9-19-14-18-6-2-3-8-23(18)34-24(19)15-22/h2-15H,16H2,1H3,(H2,32,33,36). The number of nitrogens with one attached hydrogen (secondary N) is 2. The summed E-state index contributed by atoms with van der Waals surface area (Å²) in [4.78, 5) is 21.1. The first-order valence-corrected chi connectivity index (χ1v) is 11.2. The average Bonchev–Trinajstić information content (AvgIpc) is 2.85. The maximum Gasteiger partial charge on any atom is 0.433 e. The second kappa shape index (κ2) is 9.30. The van der Waals surface area contributed by atoms with Crippen LogP contribution in [0.15, 0.2) is 84.9 Å². The number of nitrogens with zero attached hydrogens (tertiary/aromatic N) is 2. The third-order valence-corrected chi connectivity index (χ3v) is 5.78. The third kappa shape index (κ3) is 4.98. The Morgan fingerprint density at radius 1 is 0.833 bits per heavy atom. The van der Waals surface area contributed by atoms with Crippen molar-refractivity contribution >= 4 is 33.5 Å². The number of carbonyl (C=O) groups is 1. The van der Waals surface area contributed by atoms with Gasteiger partial charge < -0.3 is 10.6 Å². The number of anilines is 1. The summed E-state index contributed by atoms with van der Waals surface area (Å²) in [5.74, 6) is 0. The Kier molecular flexibility index (Phi) is 6.01. The van der Waals surface area contributed by atoms with E-state index >= 15 is 0 Å². The minimum absolute atomic E-state index is 0.00326. The number of hydrogen-bond donors (Lipinski definition) is 2. The fourth-order valence-corrected chi connectivity index (χ4v) is 4.03. The number of hydrogen-bond acceptors (Lipinski definition) is 3. The number of benzene rings is 3. The topological polar surface area (TPSA) is 66.9 Å². The summed E-state index contributed by atoms with van der Waals surface area (Å²) in [5, 5.41) is 7.45. The van der Waals surface area contributed by atoms with Crippen LogP contribution in [0.3, 0.4) is 0 Å². The Labute approximate surface area is 205 Å². The summed E-state index contributed by atoms with van der Waals surface area (Å²) in [6.45, 7) is 1.85. The van der Waals surface area contributed by atoms with Crippen molar-refractivity contribution in [2.24, 2.45) is 0 Å². The Morgan fingerprint density at radius 2 is 1.64 bits per heavy atom. The minimum atomic E-state index is -4.57. The molecule has 0 saturated carbocycles. The lowest BCUT2D eigenvalue weighted by atomic mass is 10.0. The summed E-state index contributed by atoms with van der Waals surface area (Å²) < 4.78 is 39.9. The minimum Gasteiger partial charge on any atom is -0.334 e. The lowest BCUT2D eigenvalue weighted by molar-refractivity contribution is -0.141. The number of para-hydroxylation sites is 1. The van der Waals surface area contributed by atoms with E-state index in [9.17, 15) is 18.0 Å². The van der Waals surface area contributed by atoms with Crippen molar-refractivity contribution in [1.82, 2.24) is 15.3 Å². The molecular weight excluding hydrogens is 465 g/mol. The largest absolute Gasteiger partial charge is 0.433 e. The monoisotopic (exact) mass is 486 g/mol. The van der Waals surface area contributed by atoms with E-state index in [1.54, 1.807) is 30.3 Å². The molecule has 0 fully saturated rings. The molecule has 2 aromatic heterocycles. The van der Waals surface area contributed by atoms with Crippen molar-refractivity contribution < 1.29 is 18.0 Å². The predicted molar refractivity (Wildman–Crippen MR) is 135 cm³/mol. The summed E-state index contributed by atoms with van der Waals surface area (Å²) in [7, 11) is 0. The zero-order valence-electron chi connectivity index (χ0n) is 19.2. The van der Waals surface area contributed by atoms with Gasteiger partial charge in [0.1, 0.15) is 5.69 Å². The van der Waals surface area contributed by atoms with E-state index in [0.29, 0.717) is 16.8 Å². The maximum absolute atomic E-state index is 13.3. The normalized spacial score (nSPS) is 11.6. The Morgan fingerprint density at radius 3 is 2.44 bits per heavy atom. The van der Waals surface area contributed by atoms with Gasteiger partial charge in [0, 0.05) is 28.6 Å². The van der Waals surface area contributed by atoms with Gasteiger partial charge in [0.2, 0.25) is 0 Å². The van der Waals surface area contributed by atoms with Gasteiger partial charge in [-0.2, -0.15) is 13.2 Å². The predicted octanol–water partition coefficient (Wildman–Crippen LogP) is 7.10. The van der Waals surface area contributed by atoms with E-state index in [1.807, 2.05) is 49.4 Å². The molecule has 5 aromatic rings. The van der Waals surface area contributed by atoms with Crippen molar-refractivity contribution in [2.45, 2.75) is 19.6 Å². The molecule has 0 aliphatic rings. The van der Waals surface area contributed by atoms with Crippen LogP contribution >= 0.6 is 0 Å². The molecule has 0 spiro atoms. The van der Waals surface area contributed by atoms with E-state index in [0.717, 1.165) is 33.4 Å². The fraction of sp³-hybridized carbons (Fsp3) is 0.107. The molecule has 180 valence electrons. The van der Waals surface area contributed by atoms with E-state index in [1.165, 1.54) is 6.07 Å². The molecule has 2 heterocycles. The van der Waals surface area contributed by atoms with Crippen LogP contribution in [0.25, 0.3) is 33.1 Å². The smallest absolute Gasteiger partial charge is 0.334 e. The Bertz CT molecular complexity index is 1600. The number of aromatic nitrogens is 2. The van der Waals surface area contributed by atoms with Gasteiger partial charge in [-0.15, -0.1) is 0 Å². The van der Waals surface area contributed by atoms with Crippen molar-refractivity contribution in [1.29, 1.82) is 0 Å². The Balaban J connectivity index is 1.36. The Hall–Kier alpha value is -4.46. The number of aryl methyl sites for hydroxylation is 1. The number of amides is 2. The van der Waals surface area contributed by atoms with E-state index < -0.39 is 17.9 Å². The van der Waals surface area contributed by atoms with Crippen LogP contribution in [-0.4, -0.2) is 16.0 Å². The maximum atomic E-state index is 13.3. The second-order valence-electron chi connectivity index (χ2n) is 8.47. The number of urea groups is 1. The van der Waals surface area contributed by atoms with Gasteiger partial charge in [0.05, 0.1) is 16.7 Å². The molecule has 0 aliphatic carbocycles. The zero-order valence-corrected chi connectivity index (χ0v) is 19.2. The van der Waals surface area contributed by atoms with E-state index in [4.69, 9.17) is 0 Å². The van der Waals surface area contributed by atoms with Crippen LogP contribution in [0, 0.1) is 6.92 Å². The van der Waals surface area contributed by atoms with Crippen molar-refractivity contribution in [3.05, 3.63) is 102 Å². The molecule has 3 aromatic carbocycles. The first kappa shape index (κ1) is 23.3. The van der Waals surface area contributed by atoms with Gasteiger partial charge in [0.25, 0.3) is 0 Å². The third-order valence-electron chi connectivity index (χ3n) is 5.78. The highest BCUT2D eigenvalue weighted by molar-refractivity contribution is 5.96. The van der Waals surface area contributed by atoms with Crippen LogP contribution in [0.1, 0.15) is 16.8 Å². The number of rotatable bonds is 4. The molecule has 0 radical (unpaired) electrons. The highest BCUT2D eigenvalue weighted by Gasteiger charge is 2.33. The molecule has 0 aliphatic heterocycles. The summed E-state index contributed by atoms with van der Waals surface area (Å²) in [5.41, 5.74) is 3.24. The number of halogens is 3. The average molecular weight is 486 g/mol. The highest BCUT2D eigenvalue weighted by Crippen LogP contribution is 2.31. The quantitative estimate of drug-likeness (QED) is 0.266. The van der Waals surface area contributed by atoms with Gasteiger partial charge in [-0.25, -0.2) is 14.8 Å². The molecule has 0 unspecified atom stereocenters. The molecule has 5 rings (SSSR count). The zero-order chi connectivity index (χ0) is 25.3. The summed E-state index contributed by atoms with van der Waals surface area (Å²) in [6.07, 6.45) is -4.57. The molecule has 5 nitrogen and oxygen atoms in total. The summed E-state index contributed by atoms with van der Waals surface area (Å²) >= 11 is 0. The number of carbonyl (C=O) groups excluding carboxylic acids is 1. The first-order chi connectivity index (χ1) is 17.3. The van der Waals surface area contributed by atoms with E-state index in [2.05, 4.69) is 20.6 Å². The number of alkyl halides is 3. The molecule has 2 amide bonds. The van der Waals surface area contributed by atoms with Gasteiger partial charge in [-0.05, 0) is 48.9 Å². The lowest BCUT2D eigenvalue weighted by Gasteiger charge is -2.14. The molecule has 36 heavy (non-hydrogen) atoms. The van der Waals surface area contributed by atoms with Gasteiger partial charge in [-0.1, -0.05) is 54.1 Å². The molecule has 0 atom stereocenters. The van der Waals surface area contributed by atoms with Gasteiger partial charge in [0.15, 0.2) is 0 Å². The molecule has 8 heteroatoms. The summed E-state index contributed by atoms with van der Waals surface area (Å²) in [6, 6.07) is 24.1. The molecule has 0 saturated heterocycles. The van der Waals surface area contributed by atoms with Crippen LogP contribution in [0.2, 0.25) is 0 Å². The highest BCUT2D eigenvalue weighted by atomic mass is 19.4. The molecular formula is C28H21F3N4O. The van der Waals surface area contributed by atoms with E-state index in [-0.39, 0.29) is 12.2 Å².